The number of halogens is 3. The van der Waals surface area contributed by atoms with Gasteiger partial charge in [-0.15, -0.1) is 11.3 Å². The van der Waals surface area contributed by atoms with Crippen LogP contribution in [0, 0.1) is 15.9 Å². The molecule has 0 amide bonds. The van der Waals surface area contributed by atoms with Gasteiger partial charge in [0.2, 0.25) is 0 Å². The van der Waals surface area contributed by atoms with E-state index < -0.39 is 31.5 Å². The molecule has 12 heteroatoms. The van der Waals surface area contributed by atoms with Crippen molar-refractivity contribution in [3.05, 3.63) is 67.8 Å². The Labute approximate surface area is 197 Å². The topological polar surface area (TPSA) is 93.4 Å². The highest BCUT2D eigenvalue weighted by atomic mass is 35.5. The summed E-state index contributed by atoms with van der Waals surface area (Å²) < 4.78 is 39.7. The first-order chi connectivity index (χ1) is 15.1. The van der Waals surface area contributed by atoms with Crippen LogP contribution >= 0.6 is 34.5 Å². The van der Waals surface area contributed by atoms with Crippen molar-refractivity contribution >= 4 is 55.2 Å². The van der Waals surface area contributed by atoms with Crippen molar-refractivity contribution in [2.45, 2.75) is 23.0 Å². The lowest BCUT2D eigenvalue weighted by atomic mass is 10.1. The molecule has 3 aromatic rings. The van der Waals surface area contributed by atoms with Gasteiger partial charge in [-0.2, -0.15) is 0 Å². The first-order valence-electron chi connectivity index (χ1n) is 9.50. The molecule has 1 fully saturated rings. The van der Waals surface area contributed by atoms with Gasteiger partial charge in [-0.1, -0.05) is 23.2 Å². The van der Waals surface area contributed by atoms with Crippen molar-refractivity contribution in [2.75, 3.05) is 18.0 Å². The minimum absolute atomic E-state index is 0.105. The van der Waals surface area contributed by atoms with Gasteiger partial charge in [-0.25, -0.2) is 17.8 Å². The molecule has 0 N–H and O–H groups in total. The number of nitrogens with zero attached hydrogens (tertiary/aromatic N) is 3. The smallest absolute Gasteiger partial charge is 0.289 e. The van der Waals surface area contributed by atoms with Crippen LogP contribution in [0.1, 0.15) is 12.8 Å². The van der Waals surface area contributed by atoms with Crippen LogP contribution in [0.2, 0.25) is 10.0 Å². The van der Waals surface area contributed by atoms with Gasteiger partial charge in [-0.3, -0.25) is 10.1 Å². The molecule has 1 aromatic heterocycles. The molecule has 2 aromatic carbocycles. The molecule has 0 saturated carbocycles. The third kappa shape index (κ3) is 4.59. The van der Waals surface area contributed by atoms with Gasteiger partial charge in [0.05, 0.1) is 20.8 Å². The maximum absolute atomic E-state index is 13.6. The van der Waals surface area contributed by atoms with Gasteiger partial charge < -0.3 is 4.90 Å². The number of piperidine rings is 1. The second kappa shape index (κ2) is 8.93. The Morgan fingerprint density at radius 1 is 1.16 bits per heavy atom. The highest BCUT2D eigenvalue weighted by molar-refractivity contribution is 7.92. The molecule has 1 aliphatic rings. The number of hydrogen-bond acceptors (Lipinski definition) is 7. The summed E-state index contributed by atoms with van der Waals surface area (Å²) in [4.78, 5) is 16.8. The van der Waals surface area contributed by atoms with Crippen LogP contribution in [0.4, 0.5) is 15.2 Å². The van der Waals surface area contributed by atoms with Crippen molar-refractivity contribution in [2.24, 2.45) is 0 Å². The predicted octanol–water partition coefficient (Wildman–Crippen LogP) is 5.61. The van der Waals surface area contributed by atoms with Gasteiger partial charge in [-0.05, 0) is 43.2 Å². The van der Waals surface area contributed by atoms with E-state index in [0.29, 0.717) is 42.3 Å². The second-order valence-corrected chi connectivity index (χ2v) is 11.2. The summed E-state index contributed by atoms with van der Waals surface area (Å²) >= 11 is 13.1. The Morgan fingerprint density at radius 3 is 2.53 bits per heavy atom. The van der Waals surface area contributed by atoms with Crippen molar-refractivity contribution < 1.29 is 17.7 Å². The van der Waals surface area contributed by atoms with Crippen molar-refractivity contribution in [3.8, 4) is 11.3 Å². The van der Waals surface area contributed by atoms with Crippen LogP contribution in [0.15, 0.2) is 46.7 Å². The molecule has 168 valence electrons. The molecule has 0 spiro atoms. The number of anilines is 1. The fraction of sp³-hybridized carbons (Fsp3) is 0.250. The van der Waals surface area contributed by atoms with Crippen molar-refractivity contribution in [3.63, 3.8) is 0 Å². The average molecular weight is 516 g/mol. The molecule has 1 saturated heterocycles. The molecular formula is C20H16Cl2FN3O4S2. The zero-order valence-electron chi connectivity index (χ0n) is 16.4. The van der Waals surface area contributed by atoms with E-state index in [1.807, 2.05) is 4.90 Å². The van der Waals surface area contributed by atoms with E-state index in [4.69, 9.17) is 23.2 Å². The van der Waals surface area contributed by atoms with E-state index in [0.717, 1.165) is 6.07 Å². The lowest BCUT2D eigenvalue weighted by molar-refractivity contribution is -0.384. The molecule has 32 heavy (non-hydrogen) atoms. The normalized spacial score (nSPS) is 15.2. The monoisotopic (exact) mass is 515 g/mol. The summed E-state index contributed by atoms with van der Waals surface area (Å²) in [6.07, 6.45) is 0.693. The molecule has 2 heterocycles. The standard InChI is InChI=1S/C20H16Cl2FN3O4S2/c21-13-7-12(8-14(23)9-13)18-11-31-20(24-18)25-5-3-15(4-6-25)32(29,30)16-1-2-17(22)19(10-16)26(27)28/h1-2,7-11,15H,3-6H2. The van der Waals surface area contributed by atoms with Crippen LogP contribution in [-0.4, -0.2) is 36.7 Å². The van der Waals surface area contributed by atoms with Crippen LogP contribution in [0.3, 0.4) is 0 Å². The number of thiazole rings is 1. The fourth-order valence-corrected chi connectivity index (χ4v) is 6.65. The zero-order chi connectivity index (χ0) is 23.0. The number of benzene rings is 2. The summed E-state index contributed by atoms with van der Waals surface area (Å²) in [5, 5.41) is 13.1. The Balaban J connectivity index is 1.48. The maximum Gasteiger partial charge on any atom is 0.289 e. The Kier molecular flexibility index (Phi) is 6.39. The molecule has 0 aliphatic carbocycles. The third-order valence-electron chi connectivity index (χ3n) is 5.24. The van der Waals surface area contributed by atoms with E-state index in [1.54, 1.807) is 11.4 Å². The third-order valence-corrected chi connectivity index (χ3v) is 8.94. The number of sulfone groups is 1. The number of nitro groups is 1. The second-order valence-electron chi connectivity index (χ2n) is 7.28. The van der Waals surface area contributed by atoms with Gasteiger partial charge in [0.15, 0.2) is 15.0 Å². The van der Waals surface area contributed by atoms with Crippen LogP contribution in [0.25, 0.3) is 11.3 Å². The molecular weight excluding hydrogens is 500 g/mol. The Morgan fingerprint density at radius 2 is 1.88 bits per heavy atom. The number of aromatic nitrogens is 1. The molecule has 0 radical (unpaired) electrons. The lowest BCUT2D eigenvalue weighted by Gasteiger charge is -2.31. The first-order valence-corrected chi connectivity index (χ1v) is 12.7. The summed E-state index contributed by atoms with van der Waals surface area (Å²) in [5.41, 5.74) is 0.729. The minimum atomic E-state index is -3.75. The van der Waals surface area contributed by atoms with Crippen molar-refractivity contribution in [1.29, 1.82) is 0 Å². The van der Waals surface area contributed by atoms with Crippen LogP contribution < -0.4 is 4.90 Å². The molecule has 7 nitrogen and oxygen atoms in total. The number of hydrogen-bond donors (Lipinski definition) is 0. The molecule has 1 aliphatic heterocycles. The summed E-state index contributed by atoms with van der Waals surface area (Å²) in [6, 6.07) is 7.76. The highest BCUT2D eigenvalue weighted by Gasteiger charge is 2.33. The van der Waals surface area contributed by atoms with E-state index in [1.165, 1.54) is 35.6 Å². The maximum atomic E-state index is 13.6. The van der Waals surface area contributed by atoms with Gasteiger partial charge in [0.25, 0.3) is 5.69 Å². The molecule has 4 rings (SSSR count). The summed E-state index contributed by atoms with van der Waals surface area (Å²) in [7, 11) is -3.75. The van der Waals surface area contributed by atoms with Crippen LogP contribution in [-0.2, 0) is 9.84 Å². The Bertz CT molecular complexity index is 1270. The fourth-order valence-electron chi connectivity index (χ4n) is 3.60. The number of rotatable bonds is 5. The molecule has 0 unspecified atom stereocenters. The van der Waals surface area contributed by atoms with Gasteiger partial charge in [0, 0.05) is 35.1 Å². The van der Waals surface area contributed by atoms with Crippen molar-refractivity contribution in [1.82, 2.24) is 4.98 Å². The van der Waals surface area contributed by atoms with E-state index in [9.17, 15) is 22.9 Å². The van der Waals surface area contributed by atoms with E-state index in [-0.39, 0.29) is 14.9 Å². The highest BCUT2D eigenvalue weighted by Crippen LogP contribution is 2.34. The molecule has 0 atom stereocenters. The van der Waals surface area contributed by atoms with E-state index >= 15 is 0 Å². The van der Waals surface area contributed by atoms with E-state index in [2.05, 4.69) is 4.98 Å². The minimum Gasteiger partial charge on any atom is -0.348 e. The summed E-state index contributed by atoms with van der Waals surface area (Å²) in [6.45, 7) is 0.910. The van der Waals surface area contributed by atoms with Gasteiger partial charge >= 0.3 is 0 Å². The van der Waals surface area contributed by atoms with Gasteiger partial charge in [0.1, 0.15) is 10.8 Å². The Hall–Kier alpha value is -2.27. The predicted molar refractivity (Wildman–Crippen MR) is 123 cm³/mol. The first kappa shape index (κ1) is 22.9. The average Bonchev–Trinajstić information content (AvgIpc) is 3.23. The SMILES string of the molecule is O=[N+]([O-])c1cc(S(=O)(=O)C2CCN(c3nc(-c4cc(F)cc(Cl)c4)cs3)CC2)ccc1Cl. The summed E-state index contributed by atoms with van der Waals surface area (Å²) in [5.74, 6) is -0.449. The quantitative estimate of drug-likeness (QED) is 0.324. The zero-order valence-corrected chi connectivity index (χ0v) is 19.5. The van der Waals surface area contributed by atoms with Crippen LogP contribution in [0.5, 0.6) is 0 Å². The lowest BCUT2D eigenvalue weighted by Crippen LogP contribution is -2.39. The largest absolute Gasteiger partial charge is 0.348 e. The molecule has 0 bridgehead atoms. The number of nitro benzene ring substituents is 1.